The SMILES string of the molecule is COc1ccc(OC)c(C[NH+]2CC[NH+](Cc3cccn3C)CC2)c1. The molecule has 0 spiro atoms. The van der Waals surface area contributed by atoms with Gasteiger partial charge in [0.1, 0.15) is 50.8 Å². The predicted molar refractivity (Wildman–Crippen MR) is 93.8 cm³/mol. The van der Waals surface area contributed by atoms with Gasteiger partial charge >= 0.3 is 0 Å². The molecule has 5 nitrogen and oxygen atoms in total. The van der Waals surface area contributed by atoms with Crippen molar-refractivity contribution in [2.24, 2.45) is 7.05 Å². The molecule has 2 aromatic rings. The molecule has 5 heteroatoms. The van der Waals surface area contributed by atoms with Crippen LogP contribution in [0, 0.1) is 0 Å². The third-order valence-corrected chi connectivity index (χ3v) is 5.07. The van der Waals surface area contributed by atoms with Crippen LogP contribution in [0.5, 0.6) is 11.5 Å². The summed E-state index contributed by atoms with van der Waals surface area (Å²) in [4.78, 5) is 3.30. The molecular weight excluding hydrogens is 302 g/mol. The van der Waals surface area contributed by atoms with Crippen molar-refractivity contribution in [3.05, 3.63) is 47.8 Å². The molecule has 1 fully saturated rings. The summed E-state index contributed by atoms with van der Waals surface area (Å²) in [6.07, 6.45) is 2.13. The Kier molecular flexibility index (Phi) is 5.43. The Morgan fingerprint density at radius 2 is 1.67 bits per heavy atom. The standard InChI is InChI=1S/C19H27N3O2/c1-20-8-4-5-17(20)15-22-11-9-21(10-12-22)14-16-13-18(23-2)6-7-19(16)24-3/h4-8,13H,9-12,14-15H2,1-3H3/p+2. The lowest BCUT2D eigenvalue weighted by Crippen LogP contribution is -3.27. The number of hydrogen-bond acceptors (Lipinski definition) is 2. The Bertz CT molecular complexity index is 660. The summed E-state index contributed by atoms with van der Waals surface area (Å²) in [5.41, 5.74) is 2.65. The summed E-state index contributed by atoms with van der Waals surface area (Å²) in [6, 6.07) is 10.4. The van der Waals surface area contributed by atoms with Gasteiger partial charge < -0.3 is 23.8 Å². The molecule has 0 aliphatic carbocycles. The number of quaternary nitrogens is 2. The lowest BCUT2D eigenvalue weighted by atomic mass is 10.1. The Labute approximate surface area is 144 Å². The molecule has 0 saturated carbocycles. The van der Waals surface area contributed by atoms with E-state index < -0.39 is 0 Å². The van der Waals surface area contributed by atoms with E-state index in [1.807, 2.05) is 12.1 Å². The molecule has 1 saturated heterocycles. The number of hydrogen-bond donors (Lipinski definition) is 2. The van der Waals surface area contributed by atoms with Crippen molar-refractivity contribution >= 4 is 0 Å². The molecule has 1 aliphatic rings. The predicted octanol–water partition coefficient (Wildman–Crippen LogP) is -0.474. The highest BCUT2D eigenvalue weighted by molar-refractivity contribution is 5.39. The molecule has 3 rings (SSSR count). The molecule has 1 aliphatic heterocycles. The van der Waals surface area contributed by atoms with Gasteiger partial charge in [0.15, 0.2) is 0 Å². The zero-order valence-corrected chi connectivity index (χ0v) is 15.0. The topological polar surface area (TPSA) is 32.3 Å². The van der Waals surface area contributed by atoms with Crippen LogP contribution in [-0.4, -0.2) is 45.0 Å². The first kappa shape index (κ1) is 16.9. The number of piperazine rings is 1. The number of aryl methyl sites for hydroxylation is 1. The first-order valence-electron chi connectivity index (χ1n) is 8.68. The molecule has 0 atom stereocenters. The summed E-state index contributed by atoms with van der Waals surface area (Å²) < 4.78 is 13.1. The van der Waals surface area contributed by atoms with Crippen molar-refractivity contribution in [2.45, 2.75) is 13.1 Å². The summed E-state index contributed by atoms with van der Waals surface area (Å²) in [6.45, 7) is 6.94. The zero-order valence-electron chi connectivity index (χ0n) is 15.0. The number of benzene rings is 1. The number of nitrogens with one attached hydrogen (secondary N) is 2. The van der Waals surface area contributed by atoms with Gasteiger partial charge in [-0.2, -0.15) is 0 Å². The average Bonchev–Trinajstić information content (AvgIpc) is 3.01. The van der Waals surface area contributed by atoms with E-state index in [1.165, 1.54) is 37.4 Å². The van der Waals surface area contributed by atoms with E-state index in [-0.39, 0.29) is 0 Å². The monoisotopic (exact) mass is 331 g/mol. The Morgan fingerprint density at radius 1 is 0.958 bits per heavy atom. The molecule has 130 valence electrons. The van der Waals surface area contributed by atoms with Gasteiger partial charge in [0, 0.05) is 13.2 Å². The van der Waals surface area contributed by atoms with E-state index in [0.717, 1.165) is 24.6 Å². The Balaban J connectivity index is 1.56. The number of nitrogens with zero attached hydrogens (tertiary/aromatic N) is 1. The van der Waals surface area contributed by atoms with Gasteiger partial charge in [0.05, 0.1) is 25.5 Å². The molecule has 1 aromatic heterocycles. The quantitative estimate of drug-likeness (QED) is 0.750. The molecule has 0 bridgehead atoms. The summed E-state index contributed by atoms with van der Waals surface area (Å²) >= 11 is 0. The first-order chi connectivity index (χ1) is 11.7. The highest BCUT2D eigenvalue weighted by Crippen LogP contribution is 2.23. The molecule has 2 heterocycles. The van der Waals surface area contributed by atoms with E-state index in [9.17, 15) is 0 Å². The van der Waals surface area contributed by atoms with Crippen molar-refractivity contribution in [1.82, 2.24) is 4.57 Å². The minimum atomic E-state index is 0.901. The summed E-state index contributed by atoms with van der Waals surface area (Å²) in [5, 5.41) is 0. The van der Waals surface area contributed by atoms with Gasteiger partial charge in [-0.05, 0) is 30.3 Å². The fourth-order valence-electron chi connectivity index (χ4n) is 3.54. The fourth-order valence-corrected chi connectivity index (χ4v) is 3.54. The number of ether oxygens (including phenoxy) is 2. The van der Waals surface area contributed by atoms with Crippen LogP contribution < -0.4 is 19.3 Å². The van der Waals surface area contributed by atoms with Crippen LogP contribution in [0.25, 0.3) is 0 Å². The van der Waals surface area contributed by atoms with Crippen LogP contribution in [0.2, 0.25) is 0 Å². The fraction of sp³-hybridized carbons (Fsp3) is 0.474. The minimum Gasteiger partial charge on any atom is -0.497 e. The van der Waals surface area contributed by atoms with E-state index in [1.54, 1.807) is 24.0 Å². The number of rotatable bonds is 6. The van der Waals surface area contributed by atoms with Crippen LogP contribution in [0.15, 0.2) is 36.5 Å². The first-order valence-corrected chi connectivity index (χ1v) is 8.68. The molecule has 0 amide bonds. The van der Waals surface area contributed by atoms with Gasteiger partial charge in [-0.3, -0.25) is 0 Å². The van der Waals surface area contributed by atoms with E-state index in [4.69, 9.17) is 9.47 Å². The molecular formula is C19H29N3O2+2. The van der Waals surface area contributed by atoms with Crippen LogP contribution in [-0.2, 0) is 20.1 Å². The molecule has 0 unspecified atom stereocenters. The van der Waals surface area contributed by atoms with Crippen LogP contribution in [0.3, 0.4) is 0 Å². The van der Waals surface area contributed by atoms with Crippen molar-refractivity contribution in [3.8, 4) is 11.5 Å². The maximum Gasteiger partial charge on any atom is 0.127 e. The Morgan fingerprint density at radius 3 is 2.25 bits per heavy atom. The zero-order chi connectivity index (χ0) is 16.9. The van der Waals surface area contributed by atoms with Crippen LogP contribution in [0.1, 0.15) is 11.3 Å². The normalized spacial score (nSPS) is 20.8. The van der Waals surface area contributed by atoms with Crippen molar-refractivity contribution in [3.63, 3.8) is 0 Å². The van der Waals surface area contributed by atoms with Crippen molar-refractivity contribution in [1.29, 1.82) is 0 Å². The lowest BCUT2D eigenvalue weighted by Gasteiger charge is -2.30. The summed E-state index contributed by atoms with van der Waals surface area (Å²) in [5.74, 6) is 1.86. The highest BCUT2D eigenvalue weighted by Gasteiger charge is 2.24. The molecule has 0 radical (unpaired) electrons. The van der Waals surface area contributed by atoms with Crippen molar-refractivity contribution in [2.75, 3.05) is 40.4 Å². The van der Waals surface area contributed by atoms with Gasteiger partial charge in [0.25, 0.3) is 0 Å². The minimum absolute atomic E-state index is 0.901. The number of aromatic nitrogens is 1. The highest BCUT2D eigenvalue weighted by atomic mass is 16.5. The van der Waals surface area contributed by atoms with Gasteiger partial charge in [0.2, 0.25) is 0 Å². The largest absolute Gasteiger partial charge is 0.497 e. The third kappa shape index (κ3) is 3.91. The molecule has 1 aromatic carbocycles. The van der Waals surface area contributed by atoms with Crippen LogP contribution in [0.4, 0.5) is 0 Å². The van der Waals surface area contributed by atoms with Crippen molar-refractivity contribution < 1.29 is 19.3 Å². The third-order valence-electron chi connectivity index (χ3n) is 5.07. The second-order valence-corrected chi connectivity index (χ2v) is 6.64. The van der Waals surface area contributed by atoms with E-state index >= 15 is 0 Å². The molecule has 24 heavy (non-hydrogen) atoms. The van der Waals surface area contributed by atoms with Crippen LogP contribution >= 0.6 is 0 Å². The van der Waals surface area contributed by atoms with E-state index in [2.05, 4.69) is 36.0 Å². The second-order valence-electron chi connectivity index (χ2n) is 6.64. The maximum absolute atomic E-state index is 5.51. The Hall–Kier alpha value is -1.98. The van der Waals surface area contributed by atoms with Gasteiger partial charge in [-0.25, -0.2) is 0 Å². The van der Waals surface area contributed by atoms with Gasteiger partial charge in [-0.1, -0.05) is 0 Å². The smallest absolute Gasteiger partial charge is 0.127 e. The lowest BCUT2D eigenvalue weighted by molar-refractivity contribution is -1.02. The maximum atomic E-state index is 5.51. The summed E-state index contributed by atoms with van der Waals surface area (Å²) in [7, 11) is 5.58. The average molecular weight is 331 g/mol. The van der Waals surface area contributed by atoms with E-state index in [0.29, 0.717) is 0 Å². The molecule has 2 N–H and O–H groups in total. The number of methoxy groups -OCH3 is 2. The van der Waals surface area contributed by atoms with Gasteiger partial charge in [-0.15, -0.1) is 0 Å². The second kappa shape index (κ2) is 7.73.